The summed E-state index contributed by atoms with van der Waals surface area (Å²) in [5.74, 6) is -0.549. The quantitative estimate of drug-likeness (QED) is 0.630. The van der Waals surface area contributed by atoms with Crippen LogP contribution < -0.4 is 15.6 Å². The minimum Gasteiger partial charge on any atom is -0.497 e. The first-order chi connectivity index (χ1) is 14.5. The lowest BCUT2D eigenvalue weighted by Gasteiger charge is -2.08. The van der Waals surface area contributed by atoms with Crippen molar-refractivity contribution in [2.75, 3.05) is 12.4 Å². The number of nitrogens with zero attached hydrogens (tertiary/aromatic N) is 3. The summed E-state index contributed by atoms with van der Waals surface area (Å²) in [6, 6.07) is 7.07. The first-order valence-electron chi connectivity index (χ1n) is 9.74. The minimum atomic E-state index is -0.527. The van der Waals surface area contributed by atoms with Crippen LogP contribution in [-0.4, -0.2) is 27.8 Å². The zero-order chi connectivity index (χ0) is 21.1. The number of halogens is 1. The summed E-state index contributed by atoms with van der Waals surface area (Å²) in [4.78, 5) is 30.4. The van der Waals surface area contributed by atoms with Gasteiger partial charge in [0.15, 0.2) is 5.13 Å². The van der Waals surface area contributed by atoms with Crippen molar-refractivity contribution in [3.05, 3.63) is 57.1 Å². The van der Waals surface area contributed by atoms with Crippen LogP contribution in [0.4, 0.5) is 9.52 Å². The predicted octanol–water partition coefficient (Wildman–Crippen LogP) is 3.42. The summed E-state index contributed by atoms with van der Waals surface area (Å²) in [5, 5.41) is 7.46. The summed E-state index contributed by atoms with van der Waals surface area (Å²) >= 11 is 1.48. The normalized spacial score (nSPS) is 13.4. The van der Waals surface area contributed by atoms with Crippen LogP contribution in [0.15, 0.2) is 35.1 Å². The molecule has 1 aromatic carbocycles. The van der Waals surface area contributed by atoms with Crippen molar-refractivity contribution in [2.45, 2.75) is 38.6 Å². The zero-order valence-corrected chi connectivity index (χ0v) is 17.3. The molecule has 0 radical (unpaired) electrons. The van der Waals surface area contributed by atoms with E-state index in [1.807, 2.05) is 0 Å². The topological polar surface area (TPSA) is 86.1 Å². The van der Waals surface area contributed by atoms with E-state index in [1.54, 1.807) is 6.07 Å². The van der Waals surface area contributed by atoms with Crippen molar-refractivity contribution in [3.8, 4) is 17.0 Å². The molecule has 3 aromatic rings. The molecule has 0 bridgehead atoms. The van der Waals surface area contributed by atoms with Crippen LogP contribution in [0, 0.1) is 5.82 Å². The van der Waals surface area contributed by atoms with E-state index >= 15 is 0 Å². The highest BCUT2D eigenvalue weighted by Gasteiger charge is 2.16. The largest absolute Gasteiger partial charge is 0.497 e. The third kappa shape index (κ3) is 4.40. The molecule has 0 fully saturated rings. The third-order valence-electron chi connectivity index (χ3n) is 4.95. The maximum Gasteiger partial charge on any atom is 0.267 e. The van der Waals surface area contributed by atoms with Crippen LogP contribution in [0.5, 0.6) is 5.75 Å². The third-order valence-corrected chi connectivity index (χ3v) is 6.03. The number of fused-ring (bicyclic) bond motifs is 1. The monoisotopic (exact) mass is 428 g/mol. The summed E-state index contributed by atoms with van der Waals surface area (Å²) in [7, 11) is 1.45. The Labute approximate surface area is 176 Å². The summed E-state index contributed by atoms with van der Waals surface area (Å²) in [6.07, 6.45) is 5.36. The molecule has 0 atom stereocenters. The van der Waals surface area contributed by atoms with Gasteiger partial charge in [0.05, 0.1) is 18.5 Å². The second-order valence-corrected chi connectivity index (χ2v) is 8.14. The van der Waals surface area contributed by atoms with Gasteiger partial charge in [-0.15, -0.1) is 11.3 Å². The average Bonchev–Trinajstić information content (AvgIpc) is 2.97. The van der Waals surface area contributed by atoms with Gasteiger partial charge in [-0.3, -0.25) is 9.59 Å². The Hall–Kier alpha value is -3.07. The lowest BCUT2D eigenvalue weighted by atomic mass is 10.1. The van der Waals surface area contributed by atoms with Crippen molar-refractivity contribution in [3.63, 3.8) is 0 Å². The van der Waals surface area contributed by atoms with Gasteiger partial charge in [0.25, 0.3) is 5.56 Å². The number of ether oxygens (including phenoxy) is 1. The lowest BCUT2D eigenvalue weighted by Crippen LogP contribution is -2.29. The maximum atomic E-state index is 14.4. The molecule has 2 heterocycles. The maximum absolute atomic E-state index is 14.4. The van der Waals surface area contributed by atoms with Crippen molar-refractivity contribution in [1.29, 1.82) is 0 Å². The van der Waals surface area contributed by atoms with Crippen LogP contribution in [0.1, 0.15) is 29.8 Å². The van der Waals surface area contributed by atoms with Gasteiger partial charge in [0, 0.05) is 22.6 Å². The summed E-state index contributed by atoms with van der Waals surface area (Å²) in [6.45, 7) is -0.283. The van der Waals surface area contributed by atoms with E-state index in [0.29, 0.717) is 10.9 Å². The molecule has 2 aromatic heterocycles. The van der Waals surface area contributed by atoms with E-state index in [1.165, 1.54) is 54.0 Å². The average molecular weight is 428 g/mol. The van der Waals surface area contributed by atoms with Crippen LogP contribution in [-0.2, 0) is 24.2 Å². The highest BCUT2D eigenvalue weighted by molar-refractivity contribution is 7.15. The number of nitrogens with one attached hydrogen (secondary N) is 1. The molecule has 9 heteroatoms. The molecule has 0 saturated carbocycles. The Morgan fingerprint density at radius 3 is 2.87 bits per heavy atom. The molecule has 156 valence electrons. The fraction of sp³-hybridized carbons (Fsp3) is 0.333. The molecular formula is C21H21FN4O3S. The number of carbonyl (C=O) groups is 1. The molecule has 1 N–H and O–H groups in total. The standard InChI is InChI=1S/C21H21FN4O3S/c1-29-13-7-8-14(15(22)11-13)16-9-10-20(28)26(25-16)12-19(27)24-21-23-17-5-3-2-4-6-18(17)30-21/h7-11H,2-6,12H2,1H3,(H,23,24,27). The zero-order valence-electron chi connectivity index (χ0n) is 16.5. The number of anilines is 1. The van der Waals surface area contributed by atoms with Gasteiger partial charge in [-0.25, -0.2) is 14.1 Å². The summed E-state index contributed by atoms with van der Waals surface area (Å²) in [5.41, 5.74) is 1.08. The van der Waals surface area contributed by atoms with E-state index in [0.717, 1.165) is 36.1 Å². The highest BCUT2D eigenvalue weighted by Crippen LogP contribution is 2.29. The highest BCUT2D eigenvalue weighted by atomic mass is 32.1. The van der Waals surface area contributed by atoms with E-state index < -0.39 is 17.3 Å². The second-order valence-electron chi connectivity index (χ2n) is 7.06. The minimum absolute atomic E-state index is 0.216. The Kier molecular flexibility index (Phi) is 5.89. The van der Waals surface area contributed by atoms with E-state index in [2.05, 4.69) is 15.4 Å². The van der Waals surface area contributed by atoms with Crippen LogP contribution in [0.2, 0.25) is 0 Å². The molecule has 1 aliphatic rings. The van der Waals surface area contributed by atoms with Gasteiger partial charge in [-0.1, -0.05) is 6.42 Å². The molecule has 1 amide bonds. The van der Waals surface area contributed by atoms with Crippen molar-refractivity contribution >= 4 is 22.4 Å². The van der Waals surface area contributed by atoms with Crippen molar-refractivity contribution in [1.82, 2.24) is 14.8 Å². The number of carbonyl (C=O) groups excluding carboxylic acids is 1. The molecule has 4 rings (SSSR count). The van der Waals surface area contributed by atoms with Crippen LogP contribution in [0.3, 0.4) is 0 Å². The Bertz CT molecular complexity index is 1120. The van der Waals surface area contributed by atoms with Gasteiger partial charge < -0.3 is 10.1 Å². The number of thiazole rings is 1. The number of aryl methyl sites for hydroxylation is 2. The molecule has 0 spiro atoms. The first kappa shape index (κ1) is 20.2. The van der Waals surface area contributed by atoms with Crippen LogP contribution >= 0.6 is 11.3 Å². The number of rotatable bonds is 5. The summed E-state index contributed by atoms with van der Waals surface area (Å²) < 4.78 is 20.4. The Morgan fingerprint density at radius 2 is 2.07 bits per heavy atom. The fourth-order valence-corrected chi connectivity index (χ4v) is 4.48. The van der Waals surface area contributed by atoms with Gasteiger partial charge >= 0.3 is 0 Å². The number of hydrogen-bond donors (Lipinski definition) is 1. The molecule has 0 saturated heterocycles. The van der Waals surface area contributed by atoms with Gasteiger partial charge in [-0.2, -0.15) is 5.10 Å². The molecule has 7 nitrogen and oxygen atoms in total. The number of benzene rings is 1. The van der Waals surface area contributed by atoms with Crippen molar-refractivity contribution < 1.29 is 13.9 Å². The SMILES string of the molecule is COc1ccc(-c2ccc(=O)n(CC(=O)Nc3nc4c(s3)CCCCC4)n2)c(F)c1. The van der Waals surface area contributed by atoms with E-state index in [4.69, 9.17) is 4.74 Å². The Morgan fingerprint density at radius 1 is 1.23 bits per heavy atom. The first-order valence-corrected chi connectivity index (χ1v) is 10.6. The number of methoxy groups -OCH3 is 1. The predicted molar refractivity (Wildman–Crippen MR) is 112 cm³/mol. The van der Waals surface area contributed by atoms with Gasteiger partial charge in [-0.05, 0) is 43.9 Å². The Balaban J connectivity index is 1.51. The van der Waals surface area contributed by atoms with E-state index in [9.17, 15) is 14.0 Å². The molecule has 0 aliphatic heterocycles. The van der Waals surface area contributed by atoms with Gasteiger partial charge in [0.2, 0.25) is 5.91 Å². The number of hydrogen-bond acceptors (Lipinski definition) is 6. The van der Waals surface area contributed by atoms with Crippen molar-refractivity contribution in [2.24, 2.45) is 0 Å². The molecule has 0 unspecified atom stereocenters. The van der Waals surface area contributed by atoms with E-state index in [-0.39, 0.29) is 17.8 Å². The number of amides is 1. The van der Waals surface area contributed by atoms with Gasteiger partial charge in [0.1, 0.15) is 18.1 Å². The molecule has 30 heavy (non-hydrogen) atoms. The second kappa shape index (κ2) is 8.74. The van der Waals surface area contributed by atoms with Crippen LogP contribution in [0.25, 0.3) is 11.3 Å². The fourth-order valence-electron chi connectivity index (χ4n) is 3.41. The lowest BCUT2D eigenvalue weighted by molar-refractivity contribution is -0.117. The number of aromatic nitrogens is 3. The molecule has 1 aliphatic carbocycles. The smallest absolute Gasteiger partial charge is 0.267 e. The molecular weight excluding hydrogens is 407 g/mol.